The Kier molecular flexibility index (Phi) is 7.53. The van der Waals surface area contributed by atoms with Crippen molar-refractivity contribution in [1.82, 2.24) is 9.29 Å². The van der Waals surface area contributed by atoms with Crippen LogP contribution >= 0.6 is 11.6 Å². The number of rotatable bonds is 7. The van der Waals surface area contributed by atoms with Crippen LogP contribution in [0.2, 0.25) is 5.15 Å². The third kappa shape index (κ3) is 5.66. The number of anilines is 1. The molecule has 8 nitrogen and oxygen atoms in total. The molecular weight excluding hydrogens is 466 g/mol. The third-order valence-electron chi connectivity index (χ3n) is 6.01. The number of benzene rings is 1. The molecule has 1 atom stereocenters. The summed E-state index contributed by atoms with van der Waals surface area (Å²) in [7, 11) is -3.75. The van der Waals surface area contributed by atoms with Gasteiger partial charge in [0.25, 0.3) is 0 Å². The summed E-state index contributed by atoms with van der Waals surface area (Å²) in [6, 6.07) is 8.64. The topological polar surface area (TPSA) is 97.8 Å². The highest BCUT2D eigenvalue weighted by atomic mass is 35.5. The second-order valence-electron chi connectivity index (χ2n) is 8.41. The summed E-state index contributed by atoms with van der Waals surface area (Å²) in [5.41, 5.74) is 1.64. The van der Waals surface area contributed by atoms with Crippen molar-refractivity contribution < 1.29 is 22.7 Å². The monoisotopic (exact) mass is 493 g/mol. The molecule has 33 heavy (non-hydrogen) atoms. The van der Waals surface area contributed by atoms with Crippen LogP contribution in [0.25, 0.3) is 0 Å². The maximum absolute atomic E-state index is 13.0. The Hall–Kier alpha value is -2.20. The predicted octanol–water partition coefficient (Wildman–Crippen LogP) is 3.64. The average molecular weight is 494 g/mol. The van der Waals surface area contributed by atoms with E-state index in [1.54, 1.807) is 6.07 Å². The number of carbonyl (C=O) groups excluding carboxylic acids is 1. The molecule has 1 aromatic carbocycles. The minimum Gasteiger partial charge on any atom is -0.489 e. The molecule has 2 aromatic rings. The lowest BCUT2D eigenvalue weighted by Crippen LogP contribution is -2.41. The molecule has 3 heterocycles. The SMILES string of the molecule is Cc1ccc(NC(=O)C2CCN(S(=O)(=O)c3cccnc3Cl)CC2)c(OCC2CCCO2)c1. The van der Waals surface area contributed by atoms with Gasteiger partial charge in [-0.15, -0.1) is 0 Å². The van der Waals surface area contributed by atoms with Crippen molar-refractivity contribution in [3.8, 4) is 5.75 Å². The van der Waals surface area contributed by atoms with Gasteiger partial charge in [0.15, 0.2) is 0 Å². The maximum Gasteiger partial charge on any atom is 0.246 e. The van der Waals surface area contributed by atoms with Gasteiger partial charge in [0, 0.05) is 31.8 Å². The Morgan fingerprint density at radius 3 is 2.76 bits per heavy atom. The van der Waals surface area contributed by atoms with Crippen LogP contribution in [0.1, 0.15) is 31.2 Å². The molecule has 2 aliphatic rings. The fourth-order valence-electron chi connectivity index (χ4n) is 4.11. The predicted molar refractivity (Wildman–Crippen MR) is 125 cm³/mol. The van der Waals surface area contributed by atoms with Crippen LogP contribution < -0.4 is 10.1 Å². The quantitative estimate of drug-likeness (QED) is 0.591. The van der Waals surface area contributed by atoms with Crippen LogP contribution in [0.15, 0.2) is 41.4 Å². The Morgan fingerprint density at radius 1 is 1.27 bits per heavy atom. The molecule has 0 bridgehead atoms. The molecule has 1 unspecified atom stereocenters. The van der Waals surface area contributed by atoms with E-state index in [1.807, 2.05) is 25.1 Å². The molecule has 1 amide bonds. The van der Waals surface area contributed by atoms with E-state index in [2.05, 4.69) is 10.3 Å². The van der Waals surface area contributed by atoms with Crippen LogP contribution in [0, 0.1) is 12.8 Å². The Labute approximate surface area is 199 Å². The first-order chi connectivity index (χ1) is 15.8. The number of nitrogens with zero attached hydrogens (tertiary/aromatic N) is 2. The summed E-state index contributed by atoms with van der Waals surface area (Å²) >= 11 is 5.99. The van der Waals surface area contributed by atoms with Crippen LogP contribution in [-0.4, -0.2) is 56.0 Å². The highest BCUT2D eigenvalue weighted by molar-refractivity contribution is 7.89. The van der Waals surface area contributed by atoms with Crippen molar-refractivity contribution in [2.75, 3.05) is 31.6 Å². The van der Waals surface area contributed by atoms with E-state index in [9.17, 15) is 13.2 Å². The molecule has 0 spiro atoms. The van der Waals surface area contributed by atoms with Gasteiger partial charge in [-0.3, -0.25) is 4.79 Å². The van der Waals surface area contributed by atoms with E-state index in [4.69, 9.17) is 21.1 Å². The van der Waals surface area contributed by atoms with Crippen LogP contribution in [0.4, 0.5) is 5.69 Å². The highest BCUT2D eigenvalue weighted by Crippen LogP contribution is 2.30. The maximum atomic E-state index is 13.0. The van der Waals surface area contributed by atoms with Crippen LogP contribution in [0.3, 0.4) is 0 Å². The first-order valence-electron chi connectivity index (χ1n) is 11.1. The Morgan fingerprint density at radius 2 is 2.06 bits per heavy atom. The minimum atomic E-state index is -3.75. The lowest BCUT2D eigenvalue weighted by Gasteiger charge is -2.30. The molecular formula is C23H28ClN3O5S. The van der Waals surface area contributed by atoms with Gasteiger partial charge >= 0.3 is 0 Å². The second kappa shape index (κ2) is 10.4. The largest absolute Gasteiger partial charge is 0.489 e. The lowest BCUT2D eigenvalue weighted by molar-refractivity contribution is -0.120. The van der Waals surface area contributed by atoms with Crippen molar-refractivity contribution in [3.05, 3.63) is 47.2 Å². The van der Waals surface area contributed by atoms with Crippen LogP contribution in [-0.2, 0) is 19.6 Å². The number of nitrogens with one attached hydrogen (secondary N) is 1. The van der Waals surface area contributed by atoms with Gasteiger partial charge in [0.1, 0.15) is 22.4 Å². The van der Waals surface area contributed by atoms with Gasteiger partial charge in [0.05, 0.1) is 11.8 Å². The molecule has 0 radical (unpaired) electrons. The molecule has 178 valence electrons. The number of sulfonamides is 1. The fourth-order valence-corrected chi connectivity index (χ4v) is 6.00. The first-order valence-corrected chi connectivity index (χ1v) is 12.9. The number of carbonyl (C=O) groups is 1. The fraction of sp³-hybridized carbons (Fsp3) is 0.478. The van der Waals surface area contributed by atoms with Gasteiger partial charge in [-0.1, -0.05) is 17.7 Å². The van der Waals surface area contributed by atoms with Crippen molar-refractivity contribution >= 4 is 33.2 Å². The number of halogens is 1. The summed E-state index contributed by atoms with van der Waals surface area (Å²) < 4.78 is 38.8. The van der Waals surface area contributed by atoms with E-state index in [-0.39, 0.29) is 41.1 Å². The average Bonchev–Trinajstić information content (AvgIpc) is 3.33. The summed E-state index contributed by atoms with van der Waals surface area (Å²) in [5.74, 6) is 0.176. The normalized spacial score (nSPS) is 20.0. The summed E-state index contributed by atoms with van der Waals surface area (Å²) in [4.78, 5) is 16.8. The second-order valence-corrected chi connectivity index (χ2v) is 10.7. The number of aromatic nitrogens is 1. The van der Waals surface area contributed by atoms with E-state index in [1.165, 1.54) is 16.6 Å². The number of piperidine rings is 1. The molecule has 2 aliphatic heterocycles. The number of hydrogen-bond acceptors (Lipinski definition) is 6. The molecule has 0 aliphatic carbocycles. The van der Waals surface area contributed by atoms with Crippen molar-refractivity contribution in [2.24, 2.45) is 5.92 Å². The van der Waals surface area contributed by atoms with Crippen molar-refractivity contribution in [3.63, 3.8) is 0 Å². The summed E-state index contributed by atoms with van der Waals surface area (Å²) in [5, 5.41) is 2.92. The zero-order valence-electron chi connectivity index (χ0n) is 18.5. The van der Waals surface area contributed by atoms with E-state index < -0.39 is 10.0 Å². The van der Waals surface area contributed by atoms with Gasteiger partial charge in [0.2, 0.25) is 15.9 Å². The van der Waals surface area contributed by atoms with Gasteiger partial charge in [-0.05, 0) is 62.4 Å². The van der Waals surface area contributed by atoms with Crippen LogP contribution in [0.5, 0.6) is 5.75 Å². The first kappa shape index (κ1) is 23.9. The Balaban J connectivity index is 1.37. The van der Waals surface area contributed by atoms with E-state index >= 15 is 0 Å². The molecule has 1 aromatic heterocycles. The van der Waals surface area contributed by atoms with Gasteiger partial charge < -0.3 is 14.8 Å². The summed E-state index contributed by atoms with van der Waals surface area (Å²) in [6.45, 7) is 3.64. The van der Waals surface area contributed by atoms with Gasteiger partial charge in [-0.25, -0.2) is 13.4 Å². The Bertz CT molecular complexity index is 1100. The number of hydrogen-bond donors (Lipinski definition) is 1. The molecule has 0 saturated carbocycles. The molecule has 10 heteroatoms. The van der Waals surface area contributed by atoms with E-state index in [0.717, 1.165) is 25.0 Å². The van der Waals surface area contributed by atoms with E-state index in [0.29, 0.717) is 30.9 Å². The third-order valence-corrected chi connectivity index (χ3v) is 8.35. The molecule has 2 saturated heterocycles. The lowest BCUT2D eigenvalue weighted by atomic mass is 9.97. The zero-order chi connectivity index (χ0) is 23.4. The molecule has 2 fully saturated rings. The van der Waals surface area contributed by atoms with Gasteiger partial charge in [-0.2, -0.15) is 4.31 Å². The number of pyridine rings is 1. The van der Waals surface area contributed by atoms with Crippen molar-refractivity contribution in [1.29, 1.82) is 0 Å². The highest BCUT2D eigenvalue weighted by Gasteiger charge is 2.33. The number of aryl methyl sites for hydroxylation is 1. The molecule has 1 N–H and O–H groups in total. The zero-order valence-corrected chi connectivity index (χ0v) is 20.1. The summed E-state index contributed by atoms with van der Waals surface area (Å²) in [6.07, 6.45) is 4.36. The van der Waals surface area contributed by atoms with Crippen molar-refractivity contribution in [2.45, 2.75) is 43.6 Å². The molecule has 4 rings (SSSR count). The standard InChI is InChI=1S/C23H28ClN3O5S/c1-16-6-7-19(20(14-16)32-15-18-4-3-13-31-18)26-23(28)17-8-11-27(12-9-17)33(29,30)21-5-2-10-25-22(21)24/h2,5-7,10,14,17-18H,3-4,8-9,11-13,15H2,1H3,(H,26,28). The number of amides is 1. The smallest absolute Gasteiger partial charge is 0.246 e. The number of ether oxygens (including phenoxy) is 2. The minimum absolute atomic E-state index is 0.0118.